The Morgan fingerprint density at radius 3 is 2.67 bits per heavy atom. The summed E-state index contributed by atoms with van der Waals surface area (Å²) in [6.45, 7) is 7.41. The van der Waals surface area contributed by atoms with Crippen LogP contribution in [0.3, 0.4) is 0 Å². The van der Waals surface area contributed by atoms with Crippen molar-refractivity contribution >= 4 is 5.82 Å². The lowest BCUT2D eigenvalue weighted by molar-refractivity contribution is 0.0266. The van der Waals surface area contributed by atoms with Crippen LogP contribution in [0.4, 0.5) is 5.82 Å². The summed E-state index contributed by atoms with van der Waals surface area (Å²) in [7, 11) is 1.66. The predicted octanol–water partition coefficient (Wildman–Crippen LogP) is 2.23. The molecule has 0 aliphatic carbocycles. The van der Waals surface area contributed by atoms with E-state index >= 15 is 0 Å². The van der Waals surface area contributed by atoms with Crippen molar-refractivity contribution in [2.45, 2.75) is 20.1 Å². The monoisotopic (exact) mass is 328 g/mol. The molecule has 1 atom stereocenters. The summed E-state index contributed by atoms with van der Waals surface area (Å²) in [6, 6.07) is 9.92. The average Bonchev–Trinajstić information content (AvgIpc) is 2.64. The van der Waals surface area contributed by atoms with Gasteiger partial charge in [0.2, 0.25) is 0 Å². The molecule has 1 unspecified atom stereocenters. The van der Waals surface area contributed by atoms with Crippen molar-refractivity contribution in [2.75, 3.05) is 38.3 Å². The molecule has 0 spiro atoms. The van der Waals surface area contributed by atoms with Gasteiger partial charge >= 0.3 is 0 Å². The van der Waals surface area contributed by atoms with Gasteiger partial charge in [-0.05, 0) is 49.7 Å². The average molecular weight is 328 g/mol. The van der Waals surface area contributed by atoms with E-state index in [4.69, 9.17) is 9.47 Å². The molecule has 2 heterocycles. The van der Waals surface area contributed by atoms with Gasteiger partial charge in [0.1, 0.15) is 12.0 Å². The van der Waals surface area contributed by atoms with Gasteiger partial charge in [-0.15, -0.1) is 10.2 Å². The van der Waals surface area contributed by atoms with E-state index in [1.807, 2.05) is 24.3 Å². The summed E-state index contributed by atoms with van der Waals surface area (Å²) in [5, 5.41) is 12.3. The molecule has 1 aromatic carbocycles. The summed E-state index contributed by atoms with van der Waals surface area (Å²) < 4.78 is 11.1. The van der Waals surface area contributed by atoms with E-state index in [0.717, 1.165) is 54.6 Å². The van der Waals surface area contributed by atoms with E-state index in [-0.39, 0.29) is 6.23 Å². The Kier molecular flexibility index (Phi) is 5.27. The number of ether oxygens (including phenoxy) is 2. The van der Waals surface area contributed by atoms with Gasteiger partial charge in [0, 0.05) is 25.2 Å². The van der Waals surface area contributed by atoms with E-state index in [9.17, 15) is 0 Å². The number of aromatic nitrogens is 2. The van der Waals surface area contributed by atoms with Crippen molar-refractivity contribution in [3.63, 3.8) is 0 Å². The van der Waals surface area contributed by atoms with Crippen molar-refractivity contribution in [3.05, 3.63) is 35.9 Å². The Morgan fingerprint density at radius 1 is 1.29 bits per heavy atom. The molecule has 24 heavy (non-hydrogen) atoms. The summed E-state index contributed by atoms with van der Waals surface area (Å²) >= 11 is 0. The molecule has 1 aliphatic heterocycles. The highest BCUT2D eigenvalue weighted by atomic mass is 16.5. The van der Waals surface area contributed by atoms with Crippen LogP contribution in [0.15, 0.2) is 30.3 Å². The van der Waals surface area contributed by atoms with Crippen molar-refractivity contribution in [3.8, 4) is 17.0 Å². The Morgan fingerprint density at radius 2 is 2.08 bits per heavy atom. The van der Waals surface area contributed by atoms with Crippen LogP contribution in [-0.4, -0.2) is 49.8 Å². The number of aryl methyl sites for hydroxylation is 1. The predicted molar refractivity (Wildman–Crippen MR) is 94.4 cm³/mol. The van der Waals surface area contributed by atoms with E-state index in [0.29, 0.717) is 0 Å². The number of nitrogens with zero attached hydrogens (tertiary/aromatic N) is 3. The number of benzene rings is 1. The second-order valence-corrected chi connectivity index (χ2v) is 5.78. The summed E-state index contributed by atoms with van der Waals surface area (Å²) in [5.41, 5.74) is 2.97. The minimum atomic E-state index is 0.00332. The molecule has 3 rings (SSSR count). The van der Waals surface area contributed by atoms with Gasteiger partial charge < -0.3 is 19.7 Å². The molecule has 0 bridgehead atoms. The second kappa shape index (κ2) is 7.59. The van der Waals surface area contributed by atoms with Gasteiger partial charge in [0.15, 0.2) is 5.82 Å². The number of nitrogens with one attached hydrogen (secondary N) is 1. The van der Waals surface area contributed by atoms with Gasteiger partial charge in [-0.25, -0.2) is 0 Å². The van der Waals surface area contributed by atoms with Crippen molar-refractivity contribution < 1.29 is 9.47 Å². The molecule has 2 aromatic rings. The van der Waals surface area contributed by atoms with Crippen LogP contribution in [0.1, 0.15) is 12.5 Å². The lowest BCUT2D eigenvalue weighted by Crippen LogP contribution is -2.50. The highest BCUT2D eigenvalue weighted by molar-refractivity contribution is 5.62. The number of methoxy groups -OCH3 is 1. The van der Waals surface area contributed by atoms with Crippen LogP contribution in [-0.2, 0) is 4.74 Å². The van der Waals surface area contributed by atoms with E-state index in [1.165, 1.54) is 0 Å². The molecule has 6 heteroatoms. The molecular weight excluding hydrogens is 304 g/mol. The quantitative estimate of drug-likeness (QED) is 0.908. The first kappa shape index (κ1) is 16.7. The first-order chi connectivity index (χ1) is 11.7. The zero-order valence-electron chi connectivity index (χ0n) is 14.5. The van der Waals surface area contributed by atoms with Crippen molar-refractivity contribution in [1.29, 1.82) is 0 Å². The molecular formula is C18H24N4O2. The minimum absolute atomic E-state index is 0.00332. The topological polar surface area (TPSA) is 59.5 Å². The molecule has 0 radical (unpaired) electrons. The third-order valence-corrected chi connectivity index (χ3v) is 4.21. The smallest absolute Gasteiger partial charge is 0.156 e. The molecule has 0 amide bonds. The van der Waals surface area contributed by atoms with Gasteiger partial charge in [-0.3, -0.25) is 0 Å². The molecule has 1 aromatic heterocycles. The largest absolute Gasteiger partial charge is 0.497 e. The van der Waals surface area contributed by atoms with Crippen LogP contribution >= 0.6 is 0 Å². The fraction of sp³-hybridized carbons (Fsp3) is 0.444. The van der Waals surface area contributed by atoms with E-state index in [1.54, 1.807) is 7.11 Å². The summed E-state index contributed by atoms with van der Waals surface area (Å²) in [4.78, 5) is 2.16. The van der Waals surface area contributed by atoms with Gasteiger partial charge in [-0.1, -0.05) is 0 Å². The molecule has 0 saturated carbocycles. The zero-order chi connectivity index (χ0) is 16.9. The maximum Gasteiger partial charge on any atom is 0.156 e. The third kappa shape index (κ3) is 3.49. The Labute approximate surface area is 142 Å². The molecule has 1 fully saturated rings. The number of morpholine rings is 1. The molecule has 1 N–H and O–H groups in total. The maximum absolute atomic E-state index is 5.86. The van der Waals surface area contributed by atoms with Crippen molar-refractivity contribution in [2.24, 2.45) is 0 Å². The van der Waals surface area contributed by atoms with Crippen LogP contribution in [0.5, 0.6) is 5.75 Å². The zero-order valence-corrected chi connectivity index (χ0v) is 14.5. The number of anilines is 1. The lowest BCUT2D eigenvalue weighted by Gasteiger charge is -2.35. The van der Waals surface area contributed by atoms with Gasteiger partial charge in [0.25, 0.3) is 0 Å². The third-order valence-electron chi connectivity index (χ3n) is 4.21. The molecule has 128 valence electrons. The molecule has 6 nitrogen and oxygen atoms in total. The SMILES string of the molecule is CCN(c1nnc(-c2ccc(OC)cc2)cc1C)C1CNCCO1. The fourth-order valence-electron chi connectivity index (χ4n) is 2.91. The number of hydrogen-bond donors (Lipinski definition) is 1. The van der Waals surface area contributed by atoms with Gasteiger partial charge in [0.05, 0.1) is 19.4 Å². The van der Waals surface area contributed by atoms with E-state index in [2.05, 4.69) is 40.3 Å². The number of rotatable bonds is 5. The fourth-order valence-corrected chi connectivity index (χ4v) is 2.91. The van der Waals surface area contributed by atoms with Gasteiger partial charge in [-0.2, -0.15) is 0 Å². The molecule has 1 saturated heterocycles. The van der Waals surface area contributed by atoms with Crippen LogP contribution in [0.25, 0.3) is 11.3 Å². The standard InChI is InChI=1S/C18H24N4O2/c1-4-22(17-12-19-9-10-24-17)18-13(2)11-16(20-21-18)14-5-7-15(23-3)8-6-14/h5-8,11,17,19H,4,9-10,12H2,1-3H3. The lowest BCUT2D eigenvalue weighted by atomic mass is 10.1. The maximum atomic E-state index is 5.86. The first-order valence-corrected chi connectivity index (χ1v) is 8.30. The van der Waals surface area contributed by atoms with E-state index < -0.39 is 0 Å². The Bertz CT molecular complexity index is 669. The number of likely N-dealkylation sites (N-methyl/N-ethyl adjacent to an activating group) is 1. The van der Waals surface area contributed by atoms with Crippen molar-refractivity contribution in [1.82, 2.24) is 15.5 Å². The summed E-state index contributed by atoms with van der Waals surface area (Å²) in [5.74, 6) is 1.71. The normalized spacial score (nSPS) is 17.5. The minimum Gasteiger partial charge on any atom is -0.497 e. The highest BCUT2D eigenvalue weighted by Crippen LogP contribution is 2.25. The first-order valence-electron chi connectivity index (χ1n) is 8.30. The Balaban J connectivity index is 1.85. The second-order valence-electron chi connectivity index (χ2n) is 5.78. The van der Waals surface area contributed by atoms with Crippen LogP contribution < -0.4 is 15.0 Å². The number of hydrogen-bond acceptors (Lipinski definition) is 6. The highest BCUT2D eigenvalue weighted by Gasteiger charge is 2.23. The van der Waals surface area contributed by atoms with Crippen LogP contribution in [0, 0.1) is 6.92 Å². The summed E-state index contributed by atoms with van der Waals surface area (Å²) in [6.07, 6.45) is 0.00332. The van der Waals surface area contributed by atoms with Crippen LogP contribution in [0.2, 0.25) is 0 Å². The molecule has 1 aliphatic rings. The Hall–Kier alpha value is -2.18.